The van der Waals surface area contributed by atoms with E-state index in [2.05, 4.69) is 70.9 Å². The molecule has 2 heterocycles. The van der Waals surface area contributed by atoms with E-state index in [0.29, 0.717) is 13.0 Å². The van der Waals surface area contributed by atoms with Crippen LogP contribution in [0.1, 0.15) is 59.8 Å². The molecule has 0 bridgehead atoms. The molecule has 0 saturated heterocycles. The fourth-order valence-electron chi connectivity index (χ4n) is 4.31. The quantitative estimate of drug-likeness (QED) is 0.522. The molecular formula is C17H36B2N6. The van der Waals surface area contributed by atoms with Crippen molar-refractivity contribution in [3.63, 3.8) is 0 Å². The zero-order chi connectivity index (χ0) is 18.6. The minimum Gasteiger partial charge on any atom is -0.366 e. The maximum atomic E-state index is 4.60. The van der Waals surface area contributed by atoms with Crippen LogP contribution >= 0.6 is 0 Å². The van der Waals surface area contributed by atoms with Crippen LogP contribution in [0.2, 0.25) is 13.6 Å². The first-order valence-corrected chi connectivity index (χ1v) is 10.0. The summed E-state index contributed by atoms with van der Waals surface area (Å²) in [5.74, 6) is 1.01. The van der Waals surface area contributed by atoms with Gasteiger partial charge in [-0.15, -0.1) is 0 Å². The maximum Gasteiger partial charge on any atom is 0.332 e. The molecule has 0 spiro atoms. The molecule has 1 N–H and O–H groups in total. The first kappa shape index (κ1) is 20.3. The Morgan fingerprint density at radius 2 is 1.96 bits per heavy atom. The minimum atomic E-state index is -0.0361. The van der Waals surface area contributed by atoms with Gasteiger partial charge in [0.1, 0.15) is 6.33 Å². The number of nitrogens with zero attached hydrogens (tertiary/aromatic N) is 5. The Bertz CT molecular complexity index is 535. The van der Waals surface area contributed by atoms with Crippen molar-refractivity contribution in [1.82, 2.24) is 24.7 Å². The van der Waals surface area contributed by atoms with E-state index < -0.39 is 0 Å². The van der Waals surface area contributed by atoms with E-state index >= 15 is 0 Å². The third-order valence-corrected chi connectivity index (χ3v) is 5.91. The molecule has 1 aliphatic heterocycles. The van der Waals surface area contributed by atoms with Gasteiger partial charge in [0, 0.05) is 6.04 Å². The monoisotopic (exact) mass is 346 g/mol. The lowest BCUT2D eigenvalue weighted by Gasteiger charge is -2.40. The Balaban J connectivity index is 2.23. The molecular weight excluding hydrogens is 310 g/mol. The second kappa shape index (κ2) is 8.58. The average molecular weight is 346 g/mol. The zero-order valence-corrected chi connectivity index (χ0v) is 17.3. The van der Waals surface area contributed by atoms with E-state index in [1.165, 1.54) is 25.7 Å². The van der Waals surface area contributed by atoms with Crippen LogP contribution in [0.5, 0.6) is 0 Å². The van der Waals surface area contributed by atoms with Gasteiger partial charge in [0.05, 0.1) is 5.54 Å². The number of hydrogen-bond acceptors (Lipinski definition) is 5. The van der Waals surface area contributed by atoms with Gasteiger partial charge in [0.2, 0.25) is 5.95 Å². The van der Waals surface area contributed by atoms with Gasteiger partial charge in [-0.2, -0.15) is 5.10 Å². The second-order valence-corrected chi connectivity index (χ2v) is 7.85. The van der Waals surface area contributed by atoms with Crippen molar-refractivity contribution in [3.8, 4) is 0 Å². The molecule has 1 aliphatic rings. The van der Waals surface area contributed by atoms with Gasteiger partial charge in [-0.25, -0.2) is 9.67 Å². The van der Waals surface area contributed by atoms with Crippen LogP contribution < -0.4 is 10.0 Å². The van der Waals surface area contributed by atoms with Crippen molar-refractivity contribution in [3.05, 3.63) is 6.33 Å². The van der Waals surface area contributed by atoms with Crippen molar-refractivity contribution in [2.75, 3.05) is 18.4 Å². The van der Waals surface area contributed by atoms with Crippen LogP contribution in [0.4, 0.5) is 5.95 Å². The molecule has 0 aromatic carbocycles. The van der Waals surface area contributed by atoms with Gasteiger partial charge in [-0.1, -0.05) is 46.8 Å². The Morgan fingerprint density at radius 1 is 1.24 bits per heavy atom. The Morgan fingerprint density at radius 3 is 2.56 bits per heavy atom. The van der Waals surface area contributed by atoms with E-state index in [9.17, 15) is 0 Å². The highest BCUT2D eigenvalue weighted by Crippen LogP contribution is 2.39. The van der Waals surface area contributed by atoms with Crippen LogP contribution in [0.15, 0.2) is 6.33 Å². The summed E-state index contributed by atoms with van der Waals surface area (Å²) in [6, 6.07) is 0.404. The van der Waals surface area contributed by atoms with Crippen molar-refractivity contribution in [2.24, 2.45) is 0 Å². The fourth-order valence-corrected chi connectivity index (χ4v) is 4.31. The smallest absolute Gasteiger partial charge is 0.332 e. The summed E-state index contributed by atoms with van der Waals surface area (Å²) >= 11 is 0. The molecule has 1 atom stereocenters. The lowest BCUT2D eigenvalue weighted by Crippen LogP contribution is -2.63. The van der Waals surface area contributed by atoms with Gasteiger partial charge in [0.25, 0.3) is 6.98 Å². The van der Waals surface area contributed by atoms with Gasteiger partial charge in [0.15, 0.2) is 0 Å². The third-order valence-electron chi connectivity index (χ3n) is 5.91. The van der Waals surface area contributed by atoms with E-state index in [1.807, 2.05) is 7.05 Å². The standard InChI is InChI=1S/C17H36B2N6/c1-8-10-11-12-13-23(18(5)20-7)19(6)24-15(9-2)17(3,4)25-16(24)21-14-22-25/h14-15,20H,8-13H2,1-7H3. The van der Waals surface area contributed by atoms with Crippen molar-refractivity contribution in [2.45, 2.75) is 85.0 Å². The highest BCUT2D eigenvalue weighted by Gasteiger charge is 2.49. The number of unbranched alkanes of at least 4 members (excludes halogenated alkanes) is 3. The summed E-state index contributed by atoms with van der Waals surface area (Å²) in [4.78, 5) is 7.09. The summed E-state index contributed by atoms with van der Waals surface area (Å²) in [5, 5.41) is 7.96. The lowest BCUT2D eigenvalue weighted by molar-refractivity contribution is 0.294. The molecule has 140 valence electrons. The molecule has 0 aliphatic carbocycles. The van der Waals surface area contributed by atoms with E-state index in [-0.39, 0.29) is 12.5 Å². The summed E-state index contributed by atoms with van der Waals surface area (Å²) in [5.41, 5.74) is -0.0361. The normalized spacial score (nSPS) is 18.7. The van der Waals surface area contributed by atoms with Crippen LogP contribution in [0, 0.1) is 0 Å². The molecule has 25 heavy (non-hydrogen) atoms. The van der Waals surface area contributed by atoms with Gasteiger partial charge < -0.3 is 14.8 Å². The number of nitrogens with one attached hydrogen (secondary N) is 1. The van der Waals surface area contributed by atoms with Gasteiger partial charge in [-0.05, 0) is 40.3 Å². The minimum absolute atomic E-state index is 0.0361. The molecule has 0 saturated carbocycles. The predicted octanol–water partition coefficient (Wildman–Crippen LogP) is 2.95. The number of anilines is 1. The Kier molecular flexibility index (Phi) is 6.97. The SMILES string of the molecule is CCCCCCN(B(C)NC)B(C)N1c2ncnn2C(C)(C)C1CC. The topological polar surface area (TPSA) is 49.2 Å². The van der Waals surface area contributed by atoms with Gasteiger partial charge >= 0.3 is 6.98 Å². The maximum absolute atomic E-state index is 4.60. The number of fused-ring (bicyclic) bond motifs is 1. The summed E-state index contributed by atoms with van der Waals surface area (Å²) in [6.45, 7) is 15.4. The average Bonchev–Trinajstić information content (AvgIpc) is 3.14. The molecule has 6 nitrogen and oxygen atoms in total. The largest absolute Gasteiger partial charge is 0.366 e. The predicted molar refractivity (Wildman–Crippen MR) is 109 cm³/mol. The first-order chi connectivity index (χ1) is 11.9. The fraction of sp³-hybridized carbons (Fsp3) is 0.882. The van der Waals surface area contributed by atoms with E-state index in [4.69, 9.17) is 0 Å². The molecule has 8 heteroatoms. The lowest BCUT2D eigenvalue weighted by atomic mass is 9.60. The zero-order valence-electron chi connectivity index (χ0n) is 17.3. The number of hydrogen-bond donors (Lipinski definition) is 1. The molecule has 1 unspecified atom stereocenters. The molecule has 1 aromatic rings. The second-order valence-electron chi connectivity index (χ2n) is 7.85. The third kappa shape index (κ3) is 3.90. The highest BCUT2D eigenvalue weighted by atomic mass is 15.5. The number of aromatic nitrogens is 3. The molecule has 0 fully saturated rings. The summed E-state index contributed by atoms with van der Waals surface area (Å²) < 4.78 is 4.68. The van der Waals surface area contributed by atoms with Crippen LogP contribution in [0.25, 0.3) is 0 Å². The van der Waals surface area contributed by atoms with Crippen LogP contribution in [0.3, 0.4) is 0 Å². The van der Waals surface area contributed by atoms with Crippen molar-refractivity contribution >= 4 is 19.9 Å². The summed E-state index contributed by atoms with van der Waals surface area (Å²) in [7, 11) is 2.05. The van der Waals surface area contributed by atoms with E-state index in [0.717, 1.165) is 18.9 Å². The van der Waals surface area contributed by atoms with Crippen LogP contribution in [-0.2, 0) is 5.54 Å². The number of rotatable bonds is 10. The Hall–Kier alpha value is -1.01. The van der Waals surface area contributed by atoms with E-state index in [1.54, 1.807) is 6.33 Å². The first-order valence-electron chi connectivity index (χ1n) is 10.0. The molecule has 0 amide bonds. The van der Waals surface area contributed by atoms with Crippen molar-refractivity contribution < 1.29 is 0 Å². The molecule has 1 aromatic heterocycles. The molecule has 2 rings (SSSR count). The van der Waals surface area contributed by atoms with Gasteiger partial charge in [-0.3, -0.25) is 0 Å². The summed E-state index contributed by atoms with van der Waals surface area (Å²) in [6.07, 6.45) is 7.91. The van der Waals surface area contributed by atoms with Crippen molar-refractivity contribution in [1.29, 1.82) is 0 Å². The highest BCUT2D eigenvalue weighted by molar-refractivity contribution is 6.72. The Labute approximate surface area is 155 Å². The van der Waals surface area contributed by atoms with Crippen LogP contribution in [-0.4, -0.2) is 53.1 Å². The molecule has 0 radical (unpaired) electrons.